The van der Waals surface area contributed by atoms with Crippen LogP contribution in [0.1, 0.15) is 80.1 Å². The summed E-state index contributed by atoms with van der Waals surface area (Å²) < 4.78 is 23.4. The number of ketones is 1. The Morgan fingerprint density at radius 3 is 2.39 bits per heavy atom. The minimum atomic E-state index is -0.739. The molecule has 0 amide bonds. The van der Waals surface area contributed by atoms with Crippen LogP contribution in [0.25, 0.3) is 0 Å². The molecule has 0 unspecified atom stereocenters. The predicted molar refractivity (Wildman–Crippen MR) is 170 cm³/mol. The fourth-order valence-electron chi connectivity index (χ4n) is 8.06. The quantitative estimate of drug-likeness (QED) is 0.0835. The van der Waals surface area contributed by atoms with Crippen molar-refractivity contribution in [3.63, 3.8) is 0 Å². The predicted octanol–water partition coefficient (Wildman–Crippen LogP) is 5.36. The van der Waals surface area contributed by atoms with Gasteiger partial charge in [-0.1, -0.05) is 65.7 Å². The van der Waals surface area contributed by atoms with Gasteiger partial charge in [0, 0.05) is 48.5 Å². The van der Waals surface area contributed by atoms with Gasteiger partial charge >= 0.3 is 5.97 Å². The van der Waals surface area contributed by atoms with E-state index in [2.05, 4.69) is 52.8 Å². The van der Waals surface area contributed by atoms with Crippen LogP contribution in [0.2, 0.25) is 0 Å². The first-order chi connectivity index (χ1) is 20.5. The molecule has 0 bridgehead atoms. The Bertz CT molecular complexity index is 1070. The number of hydrogen-bond acceptors (Lipinski definition) is 8. The summed E-state index contributed by atoms with van der Waals surface area (Å²) in [5, 5.41) is 21.6. The minimum Gasteiger partial charge on any atom is -0.511 e. The van der Waals surface area contributed by atoms with E-state index in [0.717, 1.165) is 44.1 Å². The standard InChI is InChI=1S/C35H54O8.Na/c1-19-9-8-10-25(30(19)23(5)32(38)31-28(37)18-41-35(31)39)16-26(17-36)34-21(3)12-14-27(42-34)13-11-20(2)33-22(4)15-29(43-33)24(6)40-7;/h11,13,16,19-25,27,29-30,33-34,36,38H,8-10,12,14-15,17-18H2,1-7H3;/b13-11+,26-16+,32-31-;/t19-,20+,21-,22+,23+,24+,25-,27-,29-,30-,33+,34-;/m1./s1. The Labute approximate surface area is 286 Å². The second-order valence-corrected chi connectivity index (χ2v) is 13.8. The van der Waals surface area contributed by atoms with Gasteiger partial charge in [-0.15, -0.1) is 0 Å². The van der Waals surface area contributed by atoms with Crippen LogP contribution < -0.4 is 0 Å². The summed E-state index contributed by atoms with van der Waals surface area (Å²) in [6, 6.07) is 0. The molecule has 2 N–H and O–H groups in total. The van der Waals surface area contributed by atoms with E-state index in [1.807, 2.05) is 6.92 Å². The third-order valence-corrected chi connectivity index (χ3v) is 10.7. The first kappa shape index (κ1) is 37.5. The third kappa shape index (κ3) is 8.47. The van der Waals surface area contributed by atoms with Crippen molar-refractivity contribution in [2.24, 2.45) is 41.4 Å². The minimum absolute atomic E-state index is 0. The zero-order valence-electron chi connectivity index (χ0n) is 28.2. The zero-order chi connectivity index (χ0) is 31.4. The molecular formula is C35H54NaO8. The van der Waals surface area contributed by atoms with Crippen LogP contribution >= 0.6 is 0 Å². The number of esters is 1. The monoisotopic (exact) mass is 625 g/mol. The molecule has 0 aromatic carbocycles. The van der Waals surface area contributed by atoms with Crippen molar-refractivity contribution in [3.8, 4) is 0 Å². The van der Waals surface area contributed by atoms with E-state index >= 15 is 0 Å². The van der Waals surface area contributed by atoms with Gasteiger partial charge < -0.3 is 29.2 Å². The number of ether oxygens (including phenoxy) is 4. The molecule has 3 saturated heterocycles. The largest absolute Gasteiger partial charge is 0.511 e. The van der Waals surface area contributed by atoms with Crippen LogP contribution in [-0.4, -0.2) is 102 Å². The summed E-state index contributed by atoms with van der Waals surface area (Å²) in [6.07, 6.45) is 12.5. The molecule has 4 fully saturated rings. The van der Waals surface area contributed by atoms with E-state index in [1.54, 1.807) is 7.11 Å². The van der Waals surface area contributed by atoms with Crippen molar-refractivity contribution in [2.45, 2.75) is 111 Å². The molecular weight excluding hydrogens is 571 g/mol. The first-order valence-corrected chi connectivity index (χ1v) is 16.4. The van der Waals surface area contributed by atoms with Gasteiger partial charge in [-0.2, -0.15) is 0 Å². The Kier molecular flexibility index (Phi) is 14.2. The van der Waals surface area contributed by atoms with E-state index < -0.39 is 17.7 Å². The van der Waals surface area contributed by atoms with E-state index in [-0.39, 0.29) is 114 Å². The molecule has 1 radical (unpaired) electrons. The SMILES string of the molecule is CO[C@@H](C)[C@H]1C[C@H](C)[C@H]([C@@H](C)/C=C/[C@@H]2CC[C@@H](C)[C@H](/C(=C/[C@H]3CCC[C@@H](C)[C@@H]3[C@H](C)/C(O)=C3\C(=O)COC3=O)CO)O2)O1.[Na]. The van der Waals surface area contributed by atoms with Crippen molar-refractivity contribution < 1.29 is 38.7 Å². The van der Waals surface area contributed by atoms with Crippen LogP contribution in [0.4, 0.5) is 0 Å². The van der Waals surface area contributed by atoms with E-state index in [4.69, 9.17) is 18.9 Å². The number of hydrogen-bond donors (Lipinski definition) is 2. The molecule has 0 aromatic rings. The number of allylic oxidation sites excluding steroid dienone is 2. The van der Waals surface area contributed by atoms with Gasteiger partial charge in [0.1, 0.15) is 11.3 Å². The fourth-order valence-corrected chi connectivity index (χ4v) is 8.06. The van der Waals surface area contributed by atoms with Gasteiger partial charge in [0.2, 0.25) is 5.78 Å². The van der Waals surface area contributed by atoms with Gasteiger partial charge in [0.25, 0.3) is 0 Å². The second-order valence-electron chi connectivity index (χ2n) is 13.8. The molecule has 3 aliphatic heterocycles. The van der Waals surface area contributed by atoms with Gasteiger partial charge in [-0.25, -0.2) is 4.79 Å². The summed E-state index contributed by atoms with van der Waals surface area (Å²) in [7, 11) is 1.73. The maximum Gasteiger partial charge on any atom is 0.345 e. The average molecular weight is 626 g/mol. The number of methoxy groups -OCH3 is 1. The number of cyclic esters (lactones) is 1. The van der Waals surface area contributed by atoms with Crippen LogP contribution in [-0.2, 0) is 28.5 Å². The number of Topliss-reactive ketones (excluding diaryl/α,β-unsaturated/α-hetero) is 1. The Hall–Kier alpha value is -1.000. The number of aliphatic hydroxyl groups excluding tert-OH is 2. The maximum absolute atomic E-state index is 12.3. The number of aliphatic hydroxyl groups is 2. The summed E-state index contributed by atoms with van der Waals surface area (Å²) >= 11 is 0. The molecule has 9 heteroatoms. The molecule has 0 spiro atoms. The van der Waals surface area contributed by atoms with Crippen molar-refractivity contribution in [2.75, 3.05) is 20.3 Å². The van der Waals surface area contributed by atoms with E-state index in [0.29, 0.717) is 5.92 Å². The summed E-state index contributed by atoms with van der Waals surface area (Å²) in [5.41, 5.74) is 0.673. The van der Waals surface area contributed by atoms with Crippen molar-refractivity contribution in [1.82, 2.24) is 0 Å². The normalized spacial score (nSPS) is 38.3. The number of carbonyl (C=O) groups excluding carboxylic acids is 2. The van der Waals surface area contributed by atoms with Crippen molar-refractivity contribution in [3.05, 3.63) is 35.1 Å². The third-order valence-electron chi connectivity index (χ3n) is 10.7. The summed E-state index contributed by atoms with van der Waals surface area (Å²) in [5.74, 6) is -0.447. The van der Waals surface area contributed by atoms with Crippen LogP contribution in [0.3, 0.4) is 0 Å². The molecule has 12 atom stereocenters. The van der Waals surface area contributed by atoms with Crippen molar-refractivity contribution in [1.29, 1.82) is 0 Å². The first-order valence-electron chi connectivity index (χ1n) is 16.4. The van der Waals surface area contributed by atoms with Crippen LogP contribution in [0.5, 0.6) is 0 Å². The molecule has 8 nitrogen and oxygen atoms in total. The second kappa shape index (κ2) is 16.7. The zero-order valence-corrected chi connectivity index (χ0v) is 30.2. The summed E-state index contributed by atoms with van der Waals surface area (Å²) in [4.78, 5) is 24.4. The maximum atomic E-state index is 12.3. The summed E-state index contributed by atoms with van der Waals surface area (Å²) in [6.45, 7) is 12.3. The van der Waals surface area contributed by atoms with Crippen molar-refractivity contribution >= 4 is 41.3 Å². The van der Waals surface area contributed by atoms with E-state index in [1.165, 1.54) is 0 Å². The molecule has 1 aliphatic carbocycles. The smallest absolute Gasteiger partial charge is 0.345 e. The molecule has 4 rings (SSSR count). The Morgan fingerprint density at radius 2 is 1.75 bits per heavy atom. The van der Waals surface area contributed by atoms with Gasteiger partial charge in [-0.05, 0) is 67.8 Å². The Morgan fingerprint density at radius 1 is 1.02 bits per heavy atom. The molecule has 4 aliphatic rings. The molecule has 0 aromatic heterocycles. The topological polar surface area (TPSA) is 112 Å². The van der Waals surface area contributed by atoms with Gasteiger partial charge in [0.15, 0.2) is 6.61 Å². The fraction of sp³-hybridized carbons (Fsp3) is 0.771. The average Bonchev–Trinajstić information content (AvgIpc) is 3.55. The number of carbonyl (C=O) groups is 2. The van der Waals surface area contributed by atoms with Crippen LogP contribution in [0, 0.1) is 41.4 Å². The van der Waals surface area contributed by atoms with E-state index in [9.17, 15) is 19.8 Å². The molecule has 44 heavy (non-hydrogen) atoms. The Balaban J connectivity index is 0.00000529. The number of rotatable bonds is 10. The molecule has 3 heterocycles. The molecule has 1 saturated carbocycles. The molecule has 243 valence electrons. The van der Waals surface area contributed by atoms with Crippen LogP contribution in [0.15, 0.2) is 35.1 Å². The van der Waals surface area contributed by atoms with Gasteiger partial charge in [0.05, 0.1) is 37.1 Å². The van der Waals surface area contributed by atoms with Gasteiger partial charge in [-0.3, -0.25) is 4.79 Å².